The molecule has 0 spiro atoms. The van der Waals surface area contributed by atoms with E-state index in [4.69, 9.17) is 37.6 Å². The van der Waals surface area contributed by atoms with Crippen LogP contribution in [0.2, 0.25) is 5.02 Å². The lowest BCUT2D eigenvalue weighted by molar-refractivity contribution is -0.114. The van der Waals surface area contributed by atoms with E-state index in [1.54, 1.807) is 12.1 Å². The zero-order chi connectivity index (χ0) is 22.9. The number of amides is 1. The summed E-state index contributed by atoms with van der Waals surface area (Å²) in [6, 6.07) is 12.9. The Morgan fingerprint density at radius 3 is 2.69 bits per heavy atom. The summed E-state index contributed by atoms with van der Waals surface area (Å²) in [6.45, 7) is -0.126. The molecule has 8 heteroatoms. The highest BCUT2D eigenvalue weighted by molar-refractivity contribution is 6.33. The highest BCUT2D eigenvalue weighted by Gasteiger charge is 2.43. The Labute approximate surface area is 190 Å². The van der Waals surface area contributed by atoms with Crippen LogP contribution in [0.25, 0.3) is 5.57 Å². The number of carbonyl (C=O) groups excluding carboxylic acids is 1. The van der Waals surface area contributed by atoms with Crippen LogP contribution in [0.5, 0.6) is 5.75 Å². The van der Waals surface area contributed by atoms with Crippen LogP contribution in [-0.4, -0.2) is 43.0 Å². The van der Waals surface area contributed by atoms with E-state index < -0.39 is 23.8 Å². The lowest BCUT2D eigenvalue weighted by atomic mass is 9.82. The SMILES string of the molecule is NC[C@@]1(c2ccccc2)Cc2c(ccc(Cl)c2C2=C(C(N)=O)C=CC(OCCO)C2F)O1. The van der Waals surface area contributed by atoms with Crippen molar-refractivity contribution in [3.63, 3.8) is 0 Å². The van der Waals surface area contributed by atoms with Crippen LogP contribution < -0.4 is 16.2 Å². The number of benzene rings is 2. The van der Waals surface area contributed by atoms with Crippen LogP contribution >= 0.6 is 11.6 Å². The van der Waals surface area contributed by atoms with Gasteiger partial charge in [0.2, 0.25) is 5.91 Å². The van der Waals surface area contributed by atoms with Crippen molar-refractivity contribution in [3.8, 4) is 5.75 Å². The van der Waals surface area contributed by atoms with Gasteiger partial charge in [0.25, 0.3) is 0 Å². The highest BCUT2D eigenvalue weighted by atomic mass is 35.5. The third-order valence-electron chi connectivity index (χ3n) is 5.86. The van der Waals surface area contributed by atoms with Gasteiger partial charge in [-0.2, -0.15) is 0 Å². The van der Waals surface area contributed by atoms with E-state index in [2.05, 4.69) is 0 Å². The molecule has 2 aliphatic rings. The van der Waals surface area contributed by atoms with Gasteiger partial charge in [-0.25, -0.2) is 4.39 Å². The molecule has 1 heterocycles. The van der Waals surface area contributed by atoms with Crippen molar-refractivity contribution in [2.45, 2.75) is 24.3 Å². The minimum Gasteiger partial charge on any atom is -0.481 e. The number of rotatable bonds is 7. The third-order valence-corrected chi connectivity index (χ3v) is 6.17. The van der Waals surface area contributed by atoms with Crippen molar-refractivity contribution in [1.82, 2.24) is 0 Å². The van der Waals surface area contributed by atoms with Gasteiger partial charge in [-0.3, -0.25) is 4.79 Å². The second-order valence-electron chi connectivity index (χ2n) is 7.75. The van der Waals surface area contributed by atoms with E-state index in [9.17, 15) is 4.79 Å². The first-order chi connectivity index (χ1) is 15.4. The quantitative estimate of drug-likeness (QED) is 0.591. The zero-order valence-electron chi connectivity index (χ0n) is 17.3. The van der Waals surface area contributed by atoms with Gasteiger partial charge >= 0.3 is 0 Å². The molecule has 1 aliphatic carbocycles. The van der Waals surface area contributed by atoms with Crippen LogP contribution in [0.1, 0.15) is 16.7 Å². The number of nitrogens with two attached hydrogens (primary N) is 2. The van der Waals surface area contributed by atoms with Crippen molar-refractivity contribution in [3.05, 3.63) is 81.9 Å². The van der Waals surface area contributed by atoms with Gasteiger partial charge in [0.15, 0.2) is 11.8 Å². The fourth-order valence-electron chi connectivity index (χ4n) is 4.34. The molecule has 3 atom stereocenters. The van der Waals surface area contributed by atoms with Crippen molar-refractivity contribution in [2.24, 2.45) is 11.5 Å². The van der Waals surface area contributed by atoms with Crippen LogP contribution in [0.15, 0.2) is 60.2 Å². The summed E-state index contributed by atoms with van der Waals surface area (Å²) in [5, 5.41) is 9.33. The smallest absolute Gasteiger partial charge is 0.249 e. The molecule has 2 aromatic carbocycles. The minimum atomic E-state index is -1.72. The van der Waals surface area contributed by atoms with E-state index >= 15 is 4.39 Å². The van der Waals surface area contributed by atoms with E-state index in [1.807, 2.05) is 30.3 Å². The fourth-order valence-corrected chi connectivity index (χ4v) is 4.62. The number of carbonyl (C=O) groups is 1. The molecule has 2 unspecified atom stereocenters. The van der Waals surface area contributed by atoms with Crippen LogP contribution in [0, 0.1) is 0 Å². The number of ether oxygens (including phenoxy) is 2. The number of halogens is 2. The second-order valence-corrected chi connectivity index (χ2v) is 8.16. The molecule has 1 aliphatic heterocycles. The summed E-state index contributed by atoms with van der Waals surface area (Å²) in [6.07, 6.45) is 0.485. The lowest BCUT2D eigenvalue weighted by Gasteiger charge is -2.28. The number of hydrogen-bond donors (Lipinski definition) is 3. The summed E-state index contributed by atoms with van der Waals surface area (Å²) in [5.41, 5.74) is 12.8. The number of aliphatic hydroxyl groups is 1. The maximum Gasteiger partial charge on any atom is 0.249 e. The first kappa shape index (κ1) is 22.5. The Kier molecular flexibility index (Phi) is 6.35. The normalized spacial score (nSPS) is 24.4. The Morgan fingerprint density at radius 2 is 2.03 bits per heavy atom. The molecule has 0 aromatic heterocycles. The predicted octanol–water partition coefficient (Wildman–Crippen LogP) is 2.65. The average molecular weight is 459 g/mol. The van der Waals surface area contributed by atoms with E-state index in [0.29, 0.717) is 23.3 Å². The maximum absolute atomic E-state index is 15.7. The van der Waals surface area contributed by atoms with Gasteiger partial charge in [0.05, 0.1) is 13.2 Å². The summed E-state index contributed by atoms with van der Waals surface area (Å²) < 4.78 is 27.5. The van der Waals surface area contributed by atoms with Crippen molar-refractivity contribution in [2.75, 3.05) is 19.8 Å². The topological polar surface area (TPSA) is 108 Å². The third kappa shape index (κ3) is 3.82. The van der Waals surface area contributed by atoms with Crippen LogP contribution in [-0.2, 0) is 21.6 Å². The van der Waals surface area contributed by atoms with Gasteiger partial charge < -0.3 is 26.0 Å². The first-order valence-electron chi connectivity index (χ1n) is 10.3. The van der Waals surface area contributed by atoms with E-state index in [1.165, 1.54) is 12.2 Å². The van der Waals surface area contributed by atoms with Crippen molar-refractivity contribution in [1.29, 1.82) is 0 Å². The molecule has 4 rings (SSSR count). The summed E-state index contributed by atoms with van der Waals surface area (Å²) >= 11 is 6.57. The van der Waals surface area contributed by atoms with Gasteiger partial charge in [-0.05, 0) is 17.7 Å². The summed E-state index contributed by atoms with van der Waals surface area (Å²) in [4.78, 5) is 12.2. The molecule has 168 valence electrons. The second kappa shape index (κ2) is 9.03. The van der Waals surface area contributed by atoms with Gasteiger partial charge in [-0.15, -0.1) is 0 Å². The molecule has 2 aromatic rings. The molecule has 32 heavy (non-hydrogen) atoms. The van der Waals surface area contributed by atoms with Gasteiger partial charge in [-0.1, -0.05) is 54.1 Å². The van der Waals surface area contributed by atoms with Crippen LogP contribution in [0.4, 0.5) is 4.39 Å². The monoisotopic (exact) mass is 458 g/mol. The molecule has 0 saturated heterocycles. The average Bonchev–Trinajstić information content (AvgIpc) is 3.19. The number of hydrogen-bond acceptors (Lipinski definition) is 5. The highest BCUT2D eigenvalue weighted by Crippen LogP contribution is 2.48. The molecule has 6 nitrogen and oxygen atoms in total. The first-order valence-corrected chi connectivity index (χ1v) is 10.6. The Balaban J connectivity index is 1.85. The van der Waals surface area contributed by atoms with Crippen molar-refractivity contribution >= 4 is 23.1 Å². The fraction of sp³-hybridized carbons (Fsp3) is 0.292. The van der Waals surface area contributed by atoms with Gasteiger partial charge in [0.1, 0.15) is 11.9 Å². The number of fused-ring (bicyclic) bond motifs is 1. The molecule has 5 N–H and O–H groups in total. The molecular weight excluding hydrogens is 435 g/mol. The summed E-state index contributed by atoms with van der Waals surface area (Å²) in [5.74, 6) is -0.259. The zero-order valence-corrected chi connectivity index (χ0v) is 18.0. The maximum atomic E-state index is 15.7. The Bertz CT molecular complexity index is 1090. The molecule has 0 saturated carbocycles. The van der Waals surface area contributed by atoms with Crippen molar-refractivity contribution < 1.29 is 23.8 Å². The standard InChI is InChI=1S/C24H24ClFN2O4/c25-17-7-9-18-16(12-24(13-27,32-18)14-4-2-1-3-5-14)20(17)21-15(23(28)30)6-8-19(22(21)26)31-11-10-29/h1-9,19,22,29H,10-13,27H2,(H2,28,30)/t19?,22?,24-/m1/s1. The molecule has 0 bridgehead atoms. The molecule has 0 fully saturated rings. The minimum absolute atomic E-state index is 0.0154. The predicted molar refractivity (Wildman–Crippen MR) is 120 cm³/mol. The molecule has 0 radical (unpaired) electrons. The Hall–Kier alpha value is -2.71. The summed E-state index contributed by atoms with van der Waals surface area (Å²) in [7, 11) is 0. The Morgan fingerprint density at radius 1 is 1.28 bits per heavy atom. The molecule has 1 amide bonds. The largest absolute Gasteiger partial charge is 0.481 e. The van der Waals surface area contributed by atoms with E-state index in [0.717, 1.165) is 5.56 Å². The number of primary amides is 1. The number of alkyl halides is 1. The van der Waals surface area contributed by atoms with Crippen LogP contribution in [0.3, 0.4) is 0 Å². The van der Waals surface area contributed by atoms with Gasteiger partial charge in [0, 0.05) is 40.3 Å². The lowest BCUT2D eigenvalue weighted by Crippen LogP contribution is -2.39. The number of aliphatic hydroxyl groups excluding tert-OH is 1. The molecular formula is C24H24ClFN2O4. The van der Waals surface area contributed by atoms with E-state index in [-0.39, 0.29) is 35.9 Å².